The standard InChI is InChI=1S/C24H32BrN/c1-5-19-9-10-21-18(4)26(15-20-7-8-20)13-12-24(21,14-19)23-16(2)6-11-22(25)17(23)3/h6,9-11,18,20H,5,7-8,12-15H2,1-4H3. The second kappa shape index (κ2) is 6.95. The number of allylic oxidation sites excluding steroid dienone is 3. The molecule has 1 heterocycles. The number of hydrogen-bond donors (Lipinski definition) is 0. The molecule has 2 unspecified atom stereocenters. The molecule has 0 spiro atoms. The van der Waals surface area contributed by atoms with Crippen LogP contribution in [0.4, 0.5) is 0 Å². The molecular weight excluding hydrogens is 382 g/mol. The summed E-state index contributed by atoms with van der Waals surface area (Å²) in [6.45, 7) is 11.9. The third-order valence-corrected chi connectivity index (χ3v) is 7.99. The first kappa shape index (κ1) is 18.5. The minimum atomic E-state index is 0.192. The summed E-state index contributed by atoms with van der Waals surface area (Å²) in [6.07, 6.45) is 11.4. The van der Waals surface area contributed by atoms with Crippen LogP contribution < -0.4 is 0 Å². The topological polar surface area (TPSA) is 3.24 Å². The van der Waals surface area contributed by atoms with Gasteiger partial charge in [0.25, 0.3) is 0 Å². The van der Waals surface area contributed by atoms with Gasteiger partial charge < -0.3 is 0 Å². The van der Waals surface area contributed by atoms with Gasteiger partial charge in [-0.05, 0) is 93.7 Å². The Hall–Kier alpha value is -0.860. The van der Waals surface area contributed by atoms with Gasteiger partial charge in [0, 0.05) is 22.5 Å². The number of likely N-dealkylation sites (tertiary alicyclic amines) is 1. The van der Waals surface area contributed by atoms with Crippen molar-refractivity contribution >= 4 is 15.9 Å². The van der Waals surface area contributed by atoms with Crippen molar-refractivity contribution in [1.29, 1.82) is 0 Å². The number of hydrogen-bond acceptors (Lipinski definition) is 1. The molecule has 0 N–H and O–H groups in total. The molecule has 3 aliphatic rings. The lowest BCUT2D eigenvalue weighted by molar-refractivity contribution is 0.150. The monoisotopic (exact) mass is 413 g/mol. The maximum Gasteiger partial charge on any atom is 0.0291 e. The molecule has 0 radical (unpaired) electrons. The molecule has 140 valence electrons. The van der Waals surface area contributed by atoms with Crippen LogP contribution >= 0.6 is 15.9 Å². The highest BCUT2D eigenvalue weighted by Crippen LogP contribution is 2.52. The van der Waals surface area contributed by atoms with Crippen molar-refractivity contribution in [2.45, 2.75) is 71.3 Å². The first-order valence-electron chi connectivity index (χ1n) is 10.4. The molecule has 1 aliphatic heterocycles. The molecule has 2 aliphatic carbocycles. The Morgan fingerprint density at radius 3 is 2.65 bits per heavy atom. The van der Waals surface area contributed by atoms with Gasteiger partial charge in [0.1, 0.15) is 0 Å². The van der Waals surface area contributed by atoms with Gasteiger partial charge in [0.05, 0.1) is 0 Å². The lowest BCUT2D eigenvalue weighted by Gasteiger charge is -2.51. The Morgan fingerprint density at radius 2 is 1.96 bits per heavy atom. The minimum Gasteiger partial charge on any atom is -0.297 e. The van der Waals surface area contributed by atoms with Crippen LogP contribution in [0.2, 0.25) is 0 Å². The SMILES string of the molecule is CCC1=CC=C2C(C)N(CC3CC3)CCC2(c2c(C)ccc(Br)c2C)C1. The fraction of sp³-hybridized carbons (Fsp3) is 0.583. The summed E-state index contributed by atoms with van der Waals surface area (Å²) in [5, 5.41) is 0. The van der Waals surface area contributed by atoms with Crippen LogP contribution in [0.1, 0.15) is 62.6 Å². The van der Waals surface area contributed by atoms with Gasteiger partial charge in [0.15, 0.2) is 0 Å². The van der Waals surface area contributed by atoms with E-state index in [1.807, 2.05) is 0 Å². The largest absolute Gasteiger partial charge is 0.297 e. The van der Waals surface area contributed by atoms with E-state index in [1.165, 1.54) is 54.4 Å². The molecule has 1 aromatic carbocycles. The number of rotatable bonds is 4. The molecule has 0 bridgehead atoms. The fourth-order valence-corrected chi connectivity index (χ4v) is 5.78. The first-order valence-corrected chi connectivity index (χ1v) is 11.2. The van der Waals surface area contributed by atoms with Crippen molar-refractivity contribution in [1.82, 2.24) is 4.90 Å². The van der Waals surface area contributed by atoms with E-state index in [4.69, 9.17) is 0 Å². The highest BCUT2D eigenvalue weighted by molar-refractivity contribution is 9.10. The fourth-order valence-electron chi connectivity index (χ4n) is 5.45. The van der Waals surface area contributed by atoms with Crippen LogP contribution in [0.15, 0.2) is 39.9 Å². The molecule has 26 heavy (non-hydrogen) atoms. The highest BCUT2D eigenvalue weighted by Gasteiger charge is 2.47. The maximum absolute atomic E-state index is 3.82. The average molecular weight is 414 g/mol. The number of piperidine rings is 1. The quantitative estimate of drug-likeness (QED) is 0.545. The van der Waals surface area contributed by atoms with Crippen molar-refractivity contribution in [3.05, 3.63) is 56.6 Å². The Kier molecular flexibility index (Phi) is 4.94. The second-order valence-corrected chi connectivity index (χ2v) is 9.64. The number of nitrogens with zero attached hydrogens (tertiary/aromatic N) is 1. The lowest BCUT2D eigenvalue weighted by atomic mass is 9.60. The Balaban J connectivity index is 1.81. The minimum absolute atomic E-state index is 0.192. The molecule has 2 fully saturated rings. The number of benzene rings is 1. The van der Waals surface area contributed by atoms with E-state index >= 15 is 0 Å². The van der Waals surface area contributed by atoms with Crippen molar-refractivity contribution in [3.8, 4) is 0 Å². The van der Waals surface area contributed by atoms with Crippen LogP contribution in [0.5, 0.6) is 0 Å². The van der Waals surface area contributed by atoms with E-state index in [0.29, 0.717) is 6.04 Å². The van der Waals surface area contributed by atoms with E-state index in [2.05, 4.69) is 72.8 Å². The molecule has 0 amide bonds. The van der Waals surface area contributed by atoms with Gasteiger partial charge in [-0.3, -0.25) is 4.90 Å². The molecule has 1 saturated heterocycles. The zero-order valence-electron chi connectivity index (χ0n) is 16.7. The first-order chi connectivity index (χ1) is 12.5. The van der Waals surface area contributed by atoms with Gasteiger partial charge in [-0.15, -0.1) is 0 Å². The average Bonchev–Trinajstić information content (AvgIpc) is 3.45. The summed E-state index contributed by atoms with van der Waals surface area (Å²) in [6, 6.07) is 5.08. The molecule has 0 aromatic heterocycles. The predicted molar refractivity (Wildman–Crippen MR) is 115 cm³/mol. The zero-order chi connectivity index (χ0) is 18.5. The van der Waals surface area contributed by atoms with E-state index in [9.17, 15) is 0 Å². The highest BCUT2D eigenvalue weighted by atomic mass is 79.9. The molecular formula is C24H32BrN. The molecule has 1 saturated carbocycles. The third-order valence-electron chi connectivity index (χ3n) is 7.13. The van der Waals surface area contributed by atoms with Gasteiger partial charge >= 0.3 is 0 Å². The van der Waals surface area contributed by atoms with Crippen LogP contribution in [0.3, 0.4) is 0 Å². The number of halogens is 1. The lowest BCUT2D eigenvalue weighted by Crippen LogP contribution is -2.51. The molecule has 4 rings (SSSR count). The summed E-state index contributed by atoms with van der Waals surface area (Å²) in [5.74, 6) is 0.963. The Labute approximate surface area is 167 Å². The van der Waals surface area contributed by atoms with Crippen LogP contribution in [-0.4, -0.2) is 24.0 Å². The zero-order valence-corrected chi connectivity index (χ0v) is 18.3. The molecule has 2 atom stereocenters. The predicted octanol–water partition coefficient (Wildman–Crippen LogP) is 6.47. The second-order valence-electron chi connectivity index (χ2n) is 8.79. The van der Waals surface area contributed by atoms with Gasteiger partial charge in [-0.2, -0.15) is 0 Å². The Morgan fingerprint density at radius 1 is 1.19 bits per heavy atom. The maximum atomic E-state index is 3.82. The van der Waals surface area contributed by atoms with E-state index < -0.39 is 0 Å². The smallest absolute Gasteiger partial charge is 0.0291 e. The summed E-state index contributed by atoms with van der Waals surface area (Å²) in [5.41, 5.74) is 7.95. The third kappa shape index (κ3) is 3.03. The number of aryl methyl sites for hydroxylation is 1. The van der Waals surface area contributed by atoms with Gasteiger partial charge in [0.2, 0.25) is 0 Å². The normalized spacial score (nSPS) is 29.2. The van der Waals surface area contributed by atoms with Gasteiger partial charge in [-0.25, -0.2) is 0 Å². The molecule has 1 aromatic rings. The van der Waals surface area contributed by atoms with Crippen LogP contribution in [-0.2, 0) is 5.41 Å². The summed E-state index contributed by atoms with van der Waals surface area (Å²) >= 11 is 3.82. The van der Waals surface area contributed by atoms with Crippen LogP contribution in [0.25, 0.3) is 0 Å². The molecule has 2 heteroatoms. The summed E-state index contributed by atoms with van der Waals surface area (Å²) in [7, 11) is 0. The number of fused-ring (bicyclic) bond motifs is 1. The van der Waals surface area contributed by atoms with Crippen molar-refractivity contribution in [2.75, 3.05) is 13.1 Å². The van der Waals surface area contributed by atoms with E-state index in [0.717, 1.165) is 12.3 Å². The van der Waals surface area contributed by atoms with Crippen LogP contribution in [0, 0.1) is 19.8 Å². The van der Waals surface area contributed by atoms with Crippen molar-refractivity contribution in [2.24, 2.45) is 5.92 Å². The van der Waals surface area contributed by atoms with E-state index in [1.54, 1.807) is 16.7 Å². The Bertz CT molecular complexity index is 771. The van der Waals surface area contributed by atoms with E-state index in [-0.39, 0.29) is 5.41 Å². The van der Waals surface area contributed by atoms with Crippen molar-refractivity contribution < 1.29 is 0 Å². The summed E-state index contributed by atoms with van der Waals surface area (Å²) < 4.78 is 1.26. The summed E-state index contributed by atoms with van der Waals surface area (Å²) in [4.78, 5) is 2.76. The molecule has 1 nitrogen and oxygen atoms in total. The van der Waals surface area contributed by atoms with Crippen molar-refractivity contribution in [3.63, 3.8) is 0 Å². The van der Waals surface area contributed by atoms with Gasteiger partial charge in [-0.1, -0.05) is 46.6 Å².